The molecule has 1 aromatic heterocycles. The molecule has 1 unspecified atom stereocenters. The quantitative estimate of drug-likeness (QED) is 0.821. The number of hydrogen-bond acceptors (Lipinski definition) is 5. The van der Waals surface area contributed by atoms with Crippen LogP contribution in [0.1, 0.15) is 31.5 Å². The van der Waals surface area contributed by atoms with Gasteiger partial charge in [0.05, 0.1) is 5.75 Å². The van der Waals surface area contributed by atoms with Crippen LogP contribution in [0.4, 0.5) is 13.2 Å². The number of aromatic nitrogens is 2. The molecule has 0 radical (unpaired) electrons. The molecule has 0 fully saturated rings. The third kappa shape index (κ3) is 3.72. The smallest absolute Gasteiger partial charge is 0.339 e. The fraction of sp³-hybridized carbons (Fsp3) is 0.667. The first-order chi connectivity index (χ1) is 7.86. The number of nitrogens with zero attached hydrogens (tertiary/aromatic N) is 2. The molecule has 0 amide bonds. The summed E-state index contributed by atoms with van der Waals surface area (Å²) in [5.41, 5.74) is 0. The van der Waals surface area contributed by atoms with Crippen LogP contribution >= 0.6 is 11.8 Å². The third-order valence-corrected chi connectivity index (χ3v) is 2.83. The van der Waals surface area contributed by atoms with E-state index in [1.54, 1.807) is 0 Å². The first-order valence-corrected chi connectivity index (χ1v) is 6.03. The van der Waals surface area contributed by atoms with Gasteiger partial charge in [-0.25, -0.2) is 0 Å². The lowest BCUT2D eigenvalue weighted by atomic mass is 10.1. The molecule has 0 saturated carbocycles. The molecule has 0 aliphatic rings. The second kappa shape index (κ2) is 5.52. The van der Waals surface area contributed by atoms with Crippen molar-refractivity contribution in [3.05, 3.63) is 11.7 Å². The number of carbonyl (C=O) groups is 1. The molecule has 0 aromatic carbocycles. The number of Topliss-reactive ketones (excluding diaryl/α,β-unsaturated/α-hetero) is 1. The molecule has 0 aliphatic heterocycles. The summed E-state index contributed by atoms with van der Waals surface area (Å²) in [6, 6.07) is 0. The van der Waals surface area contributed by atoms with Gasteiger partial charge >= 0.3 is 6.18 Å². The summed E-state index contributed by atoms with van der Waals surface area (Å²) in [7, 11) is 0. The van der Waals surface area contributed by atoms with Crippen LogP contribution in [0, 0.1) is 0 Å². The van der Waals surface area contributed by atoms with Gasteiger partial charge in [0, 0.05) is 0 Å². The van der Waals surface area contributed by atoms with Crippen molar-refractivity contribution in [2.24, 2.45) is 0 Å². The molecular weight excluding hydrogens is 257 g/mol. The van der Waals surface area contributed by atoms with Crippen LogP contribution in [-0.2, 0) is 10.5 Å². The molecule has 0 saturated heterocycles. The van der Waals surface area contributed by atoms with Gasteiger partial charge in [-0.15, -0.1) is 0 Å². The Bertz CT molecular complexity index is 392. The van der Waals surface area contributed by atoms with Crippen LogP contribution in [0.2, 0.25) is 0 Å². The second-order valence-electron chi connectivity index (χ2n) is 3.27. The van der Waals surface area contributed by atoms with E-state index in [9.17, 15) is 18.0 Å². The van der Waals surface area contributed by atoms with Gasteiger partial charge in [-0.3, -0.25) is 4.79 Å². The Hall–Kier alpha value is -1.05. The molecule has 1 rings (SSSR count). The minimum atomic E-state index is -4.88. The topological polar surface area (TPSA) is 56.0 Å². The molecule has 4 nitrogen and oxygen atoms in total. The zero-order valence-corrected chi connectivity index (χ0v) is 10.1. The lowest BCUT2D eigenvalue weighted by Crippen LogP contribution is -2.27. The van der Waals surface area contributed by atoms with Gasteiger partial charge in [0.25, 0.3) is 0 Å². The highest BCUT2D eigenvalue weighted by Gasteiger charge is 2.43. The molecule has 17 heavy (non-hydrogen) atoms. The van der Waals surface area contributed by atoms with E-state index in [2.05, 4.69) is 14.7 Å². The summed E-state index contributed by atoms with van der Waals surface area (Å²) in [6.45, 7) is 3.03. The Morgan fingerprint density at radius 3 is 2.71 bits per heavy atom. The molecule has 0 bridgehead atoms. The van der Waals surface area contributed by atoms with Gasteiger partial charge < -0.3 is 4.52 Å². The molecule has 96 valence electrons. The normalized spacial score (nSPS) is 13.7. The fourth-order valence-electron chi connectivity index (χ4n) is 1.05. The van der Waals surface area contributed by atoms with Crippen molar-refractivity contribution in [1.29, 1.82) is 0 Å². The predicted octanol–water partition coefficient (Wildman–Crippen LogP) is 2.56. The first kappa shape index (κ1) is 14.0. The molecule has 1 heterocycles. The van der Waals surface area contributed by atoms with E-state index in [0.29, 0.717) is 11.6 Å². The standard InChI is InChI=1S/C9H11F3N2O2S/c1-3-17-4-6-13-8(16-14-6)5(2)7(15)9(10,11)12/h5H,3-4H2,1-2H3. The zero-order valence-electron chi connectivity index (χ0n) is 9.24. The molecule has 0 N–H and O–H groups in total. The summed E-state index contributed by atoms with van der Waals surface area (Å²) in [5, 5.41) is 3.51. The summed E-state index contributed by atoms with van der Waals surface area (Å²) >= 11 is 1.51. The molecule has 0 spiro atoms. The predicted molar refractivity (Wildman–Crippen MR) is 55.6 cm³/mol. The Balaban J connectivity index is 2.73. The van der Waals surface area contributed by atoms with Gasteiger partial charge in [0.15, 0.2) is 5.82 Å². The average Bonchev–Trinajstić information content (AvgIpc) is 2.71. The van der Waals surface area contributed by atoms with Crippen LogP contribution < -0.4 is 0 Å². The highest BCUT2D eigenvalue weighted by Crippen LogP contribution is 2.26. The van der Waals surface area contributed by atoms with Crippen molar-refractivity contribution in [2.75, 3.05) is 5.75 Å². The van der Waals surface area contributed by atoms with Crippen LogP contribution in [0.25, 0.3) is 0 Å². The van der Waals surface area contributed by atoms with Crippen LogP contribution in [0.15, 0.2) is 4.52 Å². The van der Waals surface area contributed by atoms with Gasteiger partial charge in [-0.2, -0.15) is 29.9 Å². The highest BCUT2D eigenvalue weighted by molar-refractivity contribution is 7.98. The largest absolute Gasteiger partial charge is 0.450 e. The lowest BCUT2D eigenvalue weighted by molar-refractivity contribution is -0.172. The lowest BCUT2D eigenvalue weighted by Gasteiger charge is -2.08. The van der Waals surface area contributed by atoms with Crippen molar-refractivity contribution in [3.8, 4) is 0 Å². The molecule has 8 heteroatoms. The first-order valence-electron chi connectivity index (χ1n) is 4.87. The van der Waals surface area contributed by atoms with E-state index in [1.165, 1.54) is 11.8 Å². The molecule has 1 aromatic rings. The maximum absolute atomic E-state index is 12.2. The Morgan fingerprint density at radius 2 is 2.18 bits per heavy atom. The fourth-order valence-corrected chi connectivity index (χ4v) is 1.56. The van der Waals surface area contributed by atoms with E-state index >= 15 is 0 Å². The second-order valence-corrected chi connectivity index (χ2v) is 4.54. The van der Waals surface area contributed by atoms with Crippen molar-refractivity contribution in [1.82, 2.24) is 10.1 Å². The van der Waals surface area contributed by atoms with Crippen molar-refractivity contribution < 1.29 is 22.5 Å². The van der Waals surface area contributed by atoms with E-state index in [1.807, 2.05) is 6.92 Å². The Morgan fingerprint density at radius 1 is 1.53 bits per heavy atom. The van der Waals surface area contributed by atoms with Crippen molar-refractivity contribution >= 4 is 17.5 Å². The van der Waals surface area contributed by atoms with Crippen LogP contribution in [0.5, 0.6) is 0 Å². The third-order valence-electron chi connectivity index (χ3n) is 1.96. The minimum absolute atomic E-state index is 0.293. The monoisotopic (exact) mass is 268 g/mol. The number of rotatable bonds is 5. The van der Waals surface area contributed by atoms with Crippen molar-refractivity contribution in [3.63, 3.8) is 0 Å². The summed E-state index contributed by atoms with van der Waals surface area (Å²) < 4.78 is 41.1. The number of halogens is 3. The van der Waals surface area contributed by atoms with Crippen LogP contribution in [0.3, 0.4) is 0 Å². The highest BCUT2D eigenvalue weighted by atomic mass is 32.2. The number of ketones is 1. The van der Waals surface area contributed by atoms with Gasteiger partial charge in [0.2, 0.25) is 11.7 Å². The number of carbonyl (C=O) groups excluding carboxylic acids is 1. The van der Waals surface area contributed by atoms with Crippen molar-refractivity contribution in [2.45, 2.75) is 31.7 Å². The SMILES string of the molecule is CCSCc1noc(C(C)C(=O)C(F)(F)F)n1. The molecular formula is C9H11F3N2O2S. The van der Waals surface area contributed by atoms with Crippen LogP contribution in [-0.4, -0.2) is 27.9 Å². The van der Waals surface area contributed by atoms with E-state index in [0.717, 1.165) is 12.7 Å². The van der Waals surface area contributed by atoms with E-state index < -0.39 is 17.9 Å². The number of hydrogen-bond donors (Lipinski definition) is 0. The maximum Gasteiger partial charge on any atom is 0.450 e. The van der Waals surface area contributed by atoms with Gasteiger partial charge in [-0.05, 0) is 12.7 Å². The molecule has 0 aliphatic carbocycles. The maximum atomic E-state index is 12.2. The van der Waals surface area contributed by atoms with Gasteiger partial charge in [0.1, 0.15) is 5.92 Å². The average molecular weight is 268 g/mol. The summed E-state index contributed by atoms with van der Waals surface area (Å²) in [5.74, 6) is -2.04. The van der Waals surface area contributed by atoms with E-state index in [4.69, 9.17) is 0 Å². The minimum Gasteiger partial charge on any atom is -0.339 e. The van der Waals surface area contributed by atoms with Gasteiger partial charge in [-0.1, -0.05) is 12.1 Å². The van der Waals surface area contributed by atoms with E-state index in [-0.39, 0.29) is 5.89 Å². The number of thioether (sulfide) groups is 1. The summed E-state index contributed by atoms with van der Waals surface area (Å²) in [4.78, 5) is 14.7. The number of alkyl halides is 3. The zero-order chi connectivity index (χ0) is 13.1. The summed E-state index contributed by atoms with van der Waals surface area (Å²) in [6.07, 6.45) is -4.88. The Labute approximate surface area is 100.0 Å². The molecule has 1 atom stereocenters. The Kier molecular flexibility index (Phi) is 4.55.